The van der Waals surface area contributed by atoms with E-state index in [1.54, 1.807) is 0 Å². The van der Waals surface area contributed by atoms with E-state index in [0.29, 0.717) is 37.6 Å². The van der Waals surface area contributed by atoms with Crippen LogP contribution in [0.4, 0.5) is 0 Å². The van der Waals surface area contributed by atoms with Gasteiger partial charge in [0.2, 0.25) is 23.6 Å². The summed E-state index contributed by atoms with van der Waals surface area (Å²) in [4.78, 5) is 52.9. The van der Waals surface area contributed by atoms with Gasteiger partial charge in [-0.3, -0.25) is 19.2 Å². The molecule has 0 radical (unpaired) electrons. The third-order valence-electron chi connectivity index (χ3n) is 12.0. The number of nitrogens with two attached hydrogens (primary N) is 2. The van der Waals surface area contributed by atoms with Gasteiger partial charge in [-0.2, -0.15) is 0 Å². The van der Waals surface area contributed by atoms with Crippen LogP contribution in [0.1, 0.15) is 132 Å². The molecule has 1 saturated heterocycles. The molecule has 3 saturated carbocycles. The lowest BCUT2D eigenvalue weighted by Gasteiger charge is -2.64. The largest absolute Gasteiger partial charge is 0.481 e. The number of amides is 4. The van der Waals surface area contributed by atoms with Crippen LogP contribution in [-0.4, -0.2) is 103 Å². The maximum Gasteiger partial charge on any atom is 0.481 e. The first-order valence-electron chi connectivity index (χ1n) is 20.5. The van der Waals surface area contributed by atoms with E-state index in [-0.39, 0.29) is 18.1 Å². The normalized spacial score (nSPS) is 26.2. The van der Waals surface area contributed by atoms with Gasteiger partial charge in [-0.1, -0.05) is 65.7 Å². The zero-order valence-corrected chi connectivity index (χ0v) is 33.6. The summed E-state index contributed by atoms with van der Waals surface area (Å²) in [7, 11) is -0.617. The number of carbonyl (C=O) groups is 4. The van der Waals surface area contributed by atoms with Crippen LogP contribution < -0.4 is 38.1 Å². The fraction of sp³-hybridized carbons (Fsp3) is 0.895. The second kappa shape index (κ2) is 21.1. The molecule has 0 aromatic carbocycles. The smallest absolute Gasteiger partial charge is 0.404 e. The number of unbranched alkanes of at least 4 members (excludes halogenated alkanes) is 8. The lowest BCUT2D eigenvalue weighted by molar-refractivity contribution is -0.199. The predicted octanol–water partition coefficient (Wildman–Crippen LogP) is 1.80. The standard InChI is InChI=1S/C38H72BN7O7/c1-8-9-10-11-12-13-14-17-20-42-23-28(41)34(49)46-32(25(3)47)36(51)43-24(2)33(48)45-29(18-15-16-19-40)35(50)44-26(4)39-52-31-22-27-21-30(37(27,5)6)38(31,7)53-39/h24-32,42,47H,8-23,40-41H2,1-7H3,(H,43,51)(H,44,50)(H,45,48)(H,46,49)/t24-,25+,26-,27-,28+,29-,30-,31+,32-,38-/m0/s1. The van der Waals surface area contributed by atoms with Crippen LogP contribution in [0.3, 0.4) is 0 Å². The molecular weight excluding hydrogens is 677 g/mol. The fourth-order valence-corrected chi connectivity index (χ4v) is 8.33. The molecule has 0 aromatic rings. The Hall–Kier alpha value is -2.30. The van der Waals surface area contributed by atoms with Crippen molar-refractivity contribution in [2.45, 2.75) is 180 Å². The zero-order valence-electron chi connectivity index (χ0n) is 33.6. The van der Waals surface area contributed by atoms with Crippen molar-refractivity contribution < 1.29 is 33.6 Å². The van der Waals surface area contributed by atoms with Crippen LogP contribution in [0.15, 0.2) is 0 Å². The molecule has 10 N–H and O–H groups in total. The first kappa shape index (κ1) is 45.1. The highest BCUT2D eigenvalue weighted by molar-refractivity contribution is 6.47. The maximum absolute atomic E-state index is 13.6. The van der Waals surface area contributed by atoms with Gasteiger partial charge < -0.3 is 52.5 Å². The summed E-state index contributed by atoms with van der Waals surface area (Å²) in [6.45, 7) is 15.0. The quantitative estimate of drug-likeness (QED) is 0.0500. The van der Waals surface area contributed by atoms with E-state index < -0.39 is 72.6 Å². The maximum atomic E-state index is 13.6. The van der Waals surface area contributed by atoms with E-state index in [2.05, 4.69) is 54.3 Å². The summed E-state index contributed by atoms with van der Waals surface area (Å²) in [5.41, 5.74) is 11.6. The van der Waals surface area contributed by atoms with Crippen LogP contribution >= 0.6 is 0 Å². The minimum atomic E-state index is -1.34. The Bertz CT molecular complexity index is 1200. The first-order valence-corrected chi connectivity index (χ1v) is 20.5. The number of hydrogen-bond donors (Lipinski definition) is 8. The topological polar surface area (TPSA) is 219 Å². The van der Waals surface area contributed by atoms with Crippen molar-refractivity contribution in [1.29, 1.82) is 0 Å². The molecule has 0 aromatic heterocycles. The van der Waals surface area contributed by atoms with Gasteiger partial charge in [0.25, 0.3) is 0 Å². The van der Waals surface area contributed by atoms with E-state index in [1.165, 1.54) is 52.4 Å². The molecular formula is C38H72BN7O7. The van der Waals surface area contributed by atoms with Crippen LogP contribution in [0.25, 0.3) is 0 Å². The van der Waals surface area contributed by atoms with Gasteiger partial charge in [-0.25, -0.2) is 0 Å². The summed E-state index contributed by atoms with van der Waals surface area (Å²) in [6, 6.07) is -4.25. The van der Waals surface area contributed by atoms with Crippen LogP contribution in [-0.2, 0) is 28.5 Å². The Morgan fingerprint density at radius 2 is 1.49 bits per heavy atom. The zero-order chi connectivity index (χ0) is 39.3. The van der Waals surface area contributed by atoms with Gasteiger partial charge in [0, 0.05) is 6.54 Å². The number of aliphatic hydroxyl groups excluding tert-OH is 1. The molecule has 0 spiro atoms. The molecule has 4 rings (SSSR count). The number of nitrogens with one attached hydrogen (secondary N) is 5. The Morgan fingerprint density at radius 3 is 2.11 bits per heavy atom. The first-order chi connectivity index (χ1) is 25.1. The Labute approximate surface area is 318 Å². The lowest BCUT2D eigenvalue weighted by Crippen LogP contribution is -2.65. The van der Waals surface area contributed by atoms with Crippen molar-refractivity contribution in [3.8, 4) is 0 Å². The van der Waals surface area contributed by atoms with E-state index in [9.17, 15) is 24.3 Å². The number of hydrogen-bond acceptors (Lipinski definition) is 10. The van der Waals surface area contributed by atoms with E-state index in [1.807, 2.05) is 6.92 Å². The van der Waals surface area contributed by atoms with E-state index in [0.717, 1.165) is 32.2 Å². The molecule has 2 bridgehead atoms. The van der Waals surface area contributed by atoms with Crippen LogP contribution in [0.5, 0.6) is 0 Å². The summed E-state index contributed by atoms with van der Waals surface area (Å²) >= 11 is 0. The van der Waals surface area contributed by atoms with Crippen molar-refractivity contribution in [3.05, 3.63) is 0 Å². The summed E-state index contributed by atoms with van der Waals surface area (Å²) < 4.78 is 12.9. The molecule has 53 heavy (non-hydrogen) atoms. The Kier molecular flexibility index (Phi) is 18.0. The SMILES string of the molecule is CCCCCCCCCCNC[C@@H](N)C(=O)N[C@H](C(=O)N[C@@H](C)C(=O)N[C@@H](CCCCN)C(=O)N[C@@H](C)B1O[C@@H]2C[C@@H]3C[C@@H](C3(C)C)[C@]2(C)O1)[C@@H](C)O. The van der Waals surface area contributed by atoms with Crippen molar-refractivity contribution >= 4 is 30.7 Å². The van der Waals surface area contributed by atoms with Gasteiger partial charge in [0.05, 0.1) is 29.8 Å². The van der Waals surface area contributed by atoms with Gasteiger partial charge in [-0.05, 0) is 96.6 Å². The summed E-state index contributed by atoms with van der Waals surface area (Å²) in [6.07, 6.45) is 12.0. The molecule has 4 amide bonds. The fourth-order valence-electron chi connectivity index (χ4n) is 8.33. The molecule has 0 unspecified atom stereocenters. The average Bonchev–Trinajstić information content (AvgIpc) is 3.48. The number of aliphatic hydroxyl groups is 1. The van der Waals surface area contributed by atoms with Crippen molar-refractivity contribution in [2.24, 2.45) is 28.7 Å². The monoisotopic (exact) mass is 750 g/mol. The molecule has 15 heteroatoms. The average molecular weight is 750 g/mol. The molecule has 4 aliphatic rings. The van der Waals surface area contributed by atoms with Gasteiger partial charge in [-0.15, -0.1) is 0 Å². The van der Waals surface area contributed by atoms with Gasteiger partial charge >= 0.3 is 7.12 Å². The number of carbonyl (C=O) groups excluding carboxylic acids is 4. The second-order valence-corrected chi connectivity index (χ2v) is 16.7. The minimum Gasteiger partial charge on any atom is -0.404 e. The lowest BCUT2D eigenvalue weighted by atomic mass is 9.43. The van der Waals surface area contributed by atoms with E-state index in [4.69, 9.17) is 20.8 Å². The highest BCUT2D eigenvalue weighted by atomic mass is 16.7. The van der Waals surface area contributed by atoms with Crippen LogP contribution in [0, 0.1) is 17.3 Å². The Balaban J connectivity index is 1.46. The molecule has 3 aliphatic carbocycles. The molecule has 14 nitrogen and oxygen atoms in total. The third-order valence-corrected chi connectivity index (χ3v) is 12.0. The Morgan fingerprint density at radius 1 is 0.830 bits per heavy atom. The van der Waals surface area contributed by atoms with E-state index >= 15 is 0 Å². The highest BCUT2D eigenvalue weighted by Gasteiger charge is 2.68. The third kappa shape index (κ3) is 12.3. The van der Waals surface area contributed by atoms with Gasteiger partial charge in [0.1, 0.15) is 18.1 Å². The molecule has 10 atom stereocenters. The summed E-state index contributed by atoms with van der Waals surface area (Å²) in [5, 5.41) is 24.4. The van der Waals surface area contributed by atoms with Crippen molar-refractivity contribution in [3.63, 3.8) is 0 Å². The second-order valence-electron chi connectivity index (χ2n) is 16.7. The molecule has 304 valence electrons. The summed E-state index contributed by atoms with van der Waals surface area (Å²) in [5.74, 6) is -1.82. The van der Waals surface area contributed by atoms with Gasteiger partial charge in [0.15, 0.2) is 0 Å². The number of rotatable bonds is 25. The molecule has 1 aliphatic heterocycles. The van der Waals surface area contributed by atoms with Crippen LogP contribution in [0.2, 0.25) is 0 Å². The molecule has 4 fully saturated rings. The minimum absolute atomic E-state index is 0.0275. The predicted molar refractivity (Wildman–Crippen MR) is 207 cm³/mol. The molecule has 1 heterocycles. The van der Waals surface area contributed by atoms with Crippen molar-refractivity contribution in [1.82, 2.24) is 26.6 Å². The highest BCUT2D eigenvalue weighted by Crippen LogP contribution is 2.65. The van der Waals surface area contributed by atoms with Crippen molar-refractivity contribution in [2.75, 3.05) is 19.6 Å².